The van der Waals surface area contributed by atoms with Crippen LogP contribution in [0.15, 0.2) is 78.0 Å². The lowest BCUT2D eigenvalue weighted by Crippen LogP contribution is -2.58. The van der Waals surface area contributed by atoms with Crippen LogP contribution in [0.3, 0.4) is 0 Å². The molecule has 4 N–H and O–H groups in total. The number of morpholine rings is 1. The zero-order valence-electron chi connectivity index (χ0n) is 37.5. The number of piperidine rings is 1. The minimum Gasteiger partial charge on any atom is -0.453 e. The largest absolute Gasteiger partial charge is 0.453 e. The highest BCUT2D eigenvalue weighted by atomic mass is 35.5. The van der Waals surface area contributed by atoms with E-state index in [-0.39, 0.29) is 45.4 Å². The molecule has 2 aliphatic carbocycles. The Hall–Kier alpha value is -5.33. The summed E-state index contributed by atoms with van der Waals surface area (Å²) in [7, 11) is -4.67. The second kappa shape index (κ2) is 18.4. The summed E-state index contributed by atoms with van der Waals surface area (Å²) in [4.78, 5) is 41.3. The molecule has 0 bridgehead atoms. The van der Waals surface area contributed by atoms with Crippen molar-refractivity contribution in [3.63, 3.8) is 0 Å². The highest BCUT2D eigenvalue weighted by molar-refractivity contribution is 7.90. The van der Waals surface area contributed by atoms with E-state index in [0.29, 0.717) is 49.0 Å². The van der Waals surface area contributed by atoms with Crippen molar-refractivity contribution in [3.05, 3.63) is 105 Å². The lowest BCUT2D eigenvalue weighted by molar-refractivity contribution is -0.384. The number of ether oxygens (including phenoxy) is 2. The van der Waals surface area contributed by atoms with Gasteiger partial charge in [0.2, 0.25) is 5.82 Å². The second-order valence-electron chi connectivity index (χ2n) is 19.2. The van der Waals surface area contributed by atoms with E-state index in [9.17, 15) is 28.4 Å². The van der Waals surface area contributed by atoms with Crippen molar-refractivity contribution < 1.29 is 32.7 Å². The topological polar surface area (TPSA) is 205 Å². The highest BCUT2D eigenvalue weighted by Crippen LogP contribution is 2.53. The van der Waals surface area contributed by atoms with E-state index < -0.39 is 37.0 Å². The number of rotatable bonds is 13. The van der Waals surface area contributed by atoms with Crippen LogP contribution >= 0.6 is 11.6 Å². The van der Waals surface area contributed by atoms with Gasteiger partial charge in [-0.25, -0.2) is 23.1 Å². The fourth-order valence-corrected chi connectivity index (χ4v) is 11.5. The van der Waals surface area contributed by atoms with Gasteiger partial charge in [-0.3, -0.25) is 19.8 Å². The van der Waals surface area contributed by atoms with Crippen LogP contribution in [-0.4, -0.2) is 95.2 Å². The van der Waals surface area contributed by atoms with Gasteiger partial charge in [0.1, 0.15) is 16.3 Å². The highest BCUT2D eigenvalue weighted by Gasteiger charge is 2.50. The molecule has 3 aromatic heterocycles. The van der Waals surface area contributed by atoms with Gasteiger partial charge in [0.15, 0.2) is 10.9 Å². The molecule has 1 amide bonds. The molecule has 5 aromatic rings. The third-order valence-corrected chi connectivity index (χ3v) is 15.9. The number of H-pyrrole nitrogens is 1. The van der Waals surface area contributed by atoms with Gasteiger partial charge in [-0.1, -0.05) is 49.7 Å². The van der Waals surface area contributed by atoms with E-state index in [1.165, 1.54) is 17.2 Å². The first-order chi connectivity index (χ1) is 31.6. The standard InChI is InChI=1S/C48H57ClN8O8S/c1-30(2)36-6-4-5-7-37(36)40-29-64-21-20-56(40)34-25-48(26-34)15-18-55(19-16-48)33-8-9-38(41(23-33)65-42-22-32-12-17-50-44(32)53-43(42)49)46(58)54-66(62,63)35-24-39(57(60)61)45(52-28-35)51-27-31-10-13-47(3,59)14-11-31/h4-9,12,17,22-24,28,30-31,34,40,59H,10-11,13-16,18-21,25-27,29H2,1-3H3,(H,50,53)(H,51,52)(H,54,58)/t31-,40-,47-/m1/s1. The third kappa shape index (κ3) is 9.59. The Morgan fingerprint density at radius 3 is 2.56 bits per heavy atom. The summed E-state index contributed by atoms with van der Waals surface area (Å²) in [6, 6.07) is 18.9. The molecular formula is C48H57ClN8O8S. The molecule has 9 rings (SSSR count). The van der Waals surface area contributed by atoms with Crippen LogP contribution in [0.5, 0.6) is 11.5 Å². The van der Waals surface area contributed by atoms with Crippen molar-refractivity contribution >= 4 is 55.8 Å². The number of anilines is 2. The van der Waals surface area contributed by atoms with Crippen LogP contribution in [0.4, 0.5) is 17.2 Å². The number of nitrogens with zero attached hydrogens (tertiary/aromatic N) is 5. The molecule has 2 saturated carbocycles. The number of aromatic amines is 1. The first-order valence-electron chi connectivity index (χ1n) is 22.9. The van der Waals surface area contributed by atoms with Gasteiger partial charge in [0.05, 0.1) is 41.5 Å². The predicted octanol–water partition coefficient (Wildman–Crippen LogP) is 8.73. The molecule has 16 nitrogen and oxygen atoms in total. The molecule has 2 saturated heterocycles. The summed E-state index contributed by atoms with van der Waals surface area (Å²) in [6.07, 6.45) is 9.61. The normalized spacial score (nSPS) is 22.6. The summed E-state index contributed by atoms with van der Waals surface area (Å²) in [5, 5.41) is 26.2. The van der Waals surface area contributed by atoms with Gasteiger partial charge >= 0.3 is 5.69 Å². The Balaban J connectivity index is 0.910. The molecular weight excluding hydrogens is 884 g/mol. The molecule has 1 atom stereocenters. The molecule has 0 radical (unpaired) electrons. The number of hydrogen-bond donors (Lipinski definition) is 4. The lowest BCUT2D eigenvalue weighted by atomic mass is 9.59. The van der Waals surface area contributed by atoms with E-state index in [1.54, 1.807) is 37.4 Å². The molecule has 4 fully saturated rings. The number of pyridine rings is 2. The molecule has 1 spiro atoms. The summed E-state index contributed by atoms with van der Waals surface area (Å²) >= 11 is 6.58. The SMILES string of the molecule is CC(C)c1ccccc1[C@H]1COCCN1C1CC2(CCN(c3ccc(C(=O)NS(=O)(=O)c4cnc(NC[C@H]5CC[C@](C)(O)CC5)c([N+](=O)[O-])c4)c(Oc4cc5cc[nH]c5nc4Cl)c3)CC2)C1. The van der Waals surface area contributed by atoms with Crippen molar-refractivity contribution in [1.82, 2.24) is 24.6 Å². The fourth-order valence-electron chi connectivity index (χ4n) is 10.4. The Kier molecular flexibility index (Phi) is 12.8. The van der Waals surface area contributed by atoms with Crippen molar-refractivity contribution in [1.29, 1.82) is 0 Å². The second-order valence-corrected chi connectivity index (χ2v) is 21.2. The van der Waals surface area contributed by atoms with Crippen molar-refractivity contribution in [2.24, 2.45) is 11.3 Å². The lowest BCUT2D eigenvalue weighted by Gasteiger charge is -2.57. The average Bonchev–Trinajstić information content (AvgIpc) is 3.74. The molecule has 18 heteroatoms. The number of amides is 1. The first kappa shape index (κ1) is 45.8. The molecule has 5 heterocycles. The quantitative estimate of drug-likeness (QED) is 0.0496. The number of aromatic nitrogens is 3. The molecule has 2 aliphatic heterocycles. The molecule has 66 heavy (non-hydrogen) atoms. The summed E-state index contributed by atoms with van der Waals surface area (Å²) in [5.41, 5.74) is 2.93. The van der Waals surface area contributed by atoms with E-state index in [0.717, 1.165) is 82.7 Å². The Morgan fingerprint density at radius 1 is 1.06 bits per heavy atom. The van der Waals surface area contributed by atoms with Crippen LogP contribution in [-0.2, 0) is 14.8 Å². The smallest absolute Gasteiger partial charge is 0.312 e. The molecule has 0 unspecified atom stereocenters. The Labute approximate surface area is 389 Å². The molecule has 350 valence electrons. The van der Waals surface area contributed by atoms with Crippen LogP contribution in [0.1, 0.15) is 106 Å². The van der Waals surface area contributed by atoms with Gasteiger partial charge in [-0.05, 0) is 111 Å². The molecule has 4 aliphatic rings. The van der Waals surface area contributed by atoms with Crippen molar-refractivity contribution in [2.75, 3.05) is 49.6 Å². The fraction of sp³-hybridized carbons (Fsp3) is 0.479. The van der Waals surface area contributed by atoms with Gasteiger partial charge in [0.25, 0.3) is 15.9 Å². The Morgan fingerprint density at radius 2 is 1.82 bits per heavy atom. The van der Waals surface area contributed by atoms with Gasteiger partial charge in [-0.2, -0.15) is 0 Å². The van der Waals surface area contributed by atoms with E-state index in [1.807, 2.05) is 0 Å². The van der Waals surface area contributed by atoms with Crippen molar-refractivity contribution in [2.45, 2.75) is 101 Å². The van der Waals surface area contributed by atoms with Crippen LogP contribution in [0.25, 0.3) is 11.0 Å². The summed E-state index contributed by atoms with van der Waals surface area (Å²) in [6.45, 7) is 10.6. The van der Waals surface area contributed by atoms with E-state index >= 15 is 0 Å². The minimum absolute atomic E-state index is 0.0337. The zero-order valence-corrected chi connectivity index (χ0v) is 39.0. The number of nitrogens with one attached hydrogen (secondary N) is 3. The molecule has 2 aromatic carbocycles. The van der Waals surface area contributed by atoms with Crippen LogP contribution < -0.4 is 19.7 Å². The van der Waals surface area contributed by atoms with E-state index in [4.69, 9.17) is 21.1 Å². The first-order valence-corrected chi connectivity index (χ1v) is 24.7. The maximum absolute atomic E-state index is 14.0. The van der Waals surface area contributed by atoms with Crippen LogP contribution in [0.2, 0.25) is 5.15 Å². The van der Waals surface area contributed by atoms with Gasteiger partial charge < -0.3 is 29.8 Å². The summed E-state index contributed by atoms with van der Waals surface area (Å²) in [5.74, 6) is -0.312. The number of carbonyl (C=O) groups is 1. The monoisotopic (exact) mass is 940 g/mol. The maximum atomic E-state index is 14.0. The number of benzene rings is 2. The number of nitro groups is 1. The number of sulfonamides is 1. The maximum Gasteiger partial charge on any atom is 0.312 e. The number of aliphatic hydroxyl groups is 1. The predicted molar refractivity (Wildman–Crippen MR) is 252 cm³/mol. The van der Waals surface area contributed by atoms with Gasteiger partial charge in [-0.15, -0.1) is 0 Å². The average molecular weight is 942 g/mol. The zero-order chi connectivity index (χ0) is 46.4. The number of fused-ring (bicyclic) bond motifs is 1. The van der Waals surface area contributed by atoms with Crippen LogP contribution in [0, 0.1) is 21.4 Å². The van der Waals surface area contributed by atoms with Crippen molar-refractivity contribution in [3.8, 4) is 11.5 Å². The Bertz CT molecular complexity index is 2720. The van der Waals surface area contributed by atoms with Gasteiger partial charge in [0, 0.05) is 61.6 Å². The van der Waals surface area contributed by atoms with E-state index in [2.05, 4.69) is 72.9 Å². The number of halogens is 1. The number of hydrogen-bond acceptors (Lipinski definition) is 13. The third-order valence-electron chi connectivity index (χ3n) is 14.3. The number of carbonyl (C=O) groups excluding carboxylic acids is 1. The summed E-state index contributed by atoms with van der Waals surface area (Å²) < 4.78 is 41.9. The minimum atomic E-state index is -4.67.